The predicted molar refractivity (Wildman–Crippen MR) is 69.9 cm³/mol. The van der Waals surface area contributed by atoms with Gasteiger partial charge in [-0.15, -0.1) is 0 Å². The van der Waals surface area contributed by atoms with Crippen LogP contribution in [0.3, 0.4) is 0 Å². The Kier molecular flexibility index (Phi) is 4.61. The van der Waals surface area contributed by atoms with Gasteiger partial charge < -0.3 is 10.1 Å². The number of pyridine rings is 1. The van der Waals surface area contributed by atoms with Crippen molar-refractivity contribution in [2.24, 2.45) is 0 Å². The van der Waals surface area contributed by atoms with Crippen molar-refractivity contribution in [3.8, 4) is 0 Å². The van der Waals surface area contributed by atoms with Crippen LogP contribution in [0.2, 0.25) is 10.2 Å². The third-order valence-electron chi connectivity index (χ3n) is 2.57. The van der Waals surface area contributed by atoms with Crippen molar-refractivity contribution in [1.29, 1.82) is 0 Å². The maximum absolute atomic E-state index is 13.0. The van der Waals surface area contributed by atoms with E-state index in [2.05, 4.69) is 10.3 Å². The molecule has 7 heteroatoms. The molecule has 1 aromatic rings. The third-order valence-corrected chi connectivity index (χ3v) is 3.26. The standard InChI is InChI=1S/C12H11Cl2FN2O2/c13-10-2-7(5-16-12(10)14)1-8(4-15)17-9-3-11(18)19-6-9/h2-3,5,8,17H,1,4,6H2. The highest BCUT2D eigenvalue weighted by Gasteiger charge is 2.17. The number of alkyl halides is 1. The fraction of sp³-hybridized carbons (Fsp3) is 0.333. The van der Waals surface area contributed by atoms with Crippen LogP contribution < -0.4 is 5.32 Å². The van der Waals surface area contributed by atoms with Gasteiger partial charge in [-0.3, -0.25) is 0 Å². The van der Waals surface area contributed by atoms with Crippen molar-refractivity contribution in [2.75, 3.05) is 13.3 Å². The molecule has 2 heterocycles. The van der Waals surface area contributed by atoms with Crippen LogP contribution in [0.5, 0.6) is 0 Å². The summed E-state index contributed by atoms with van der Waals surface area (Å²) in [5.74, 6) is -0.420. The van der Waals surface area contributed by atoms with E-state index in [1.54, 1.807) is 12.3 Å². The molecule has 0 saturated carbocycles. The topological polar surface area (TPSA) is 51.2 Å². The van der Waals surface area contributed by atoms with Crippen molar-refractivity contribution in [3.63, 3.8) is 0 Å². The first-order valence-electron chi connectivity index (χ1n) is 5.58. The fourth-order valence-electron chi connectivity index (χ4n) is 1.72. The molecule has 1 aromatic heterocycles. The van der Waals surface area contributed by atoms with Crippen LogP contribution in [-0.2, 0) is 16.0 Å². The fourth-order valence-corrected chi connectivity index (χ4v) is 2.01. The number of cyclic esters (lactones) is 1. The molecule has 2 rings (SSSR count). The molecule has 4 nitrogen and oxygen atoms in total. The van der Waals surface area contributed by atoms with E-state index in [0.717, 1.165) is 5.56 Å². The Morgan fingerprint density at radius 1 is 1.53 bits per heavy atom. The monoisotopic (exact) mass is 304 g/mol. The lowest BCUT2D eigenvalue weighted by atomic mass is 10.1. The molecule has 1 unspecified atom stereocenters. The number of aromatic nitrogens is 1. The van der Waals surface area contributed by atoms with Crippen molar-refractivity contribution < 1.29 is 13.9 Å². The highest BCUT2D eigenvalue weighted by molar-refractivity contribution is 6.41. The van der Waals surface area contributed by atoms with E-state index in [0.29, 0.717) is 17.1 Å². The lowest BCUT2D eigenvalue weighted by molar-refractivity contribution is -0.134. The molecular weight excluding hydrogens is 294 g/mol. The highest BCUT2D eigenvalue weighted by Crippen LogP contribution is 2.20. The van der Waals surface area contributed by atoms with E-state index in [1.807, 2.05) is 0 Å². The van der Waals surface area contributed by atoms with Gasteiger partial charge in [0.1, 0.15) is 18.4 Å². The summed E-state index contributed by atoms with van der Waals surface area (Å²) in [6.45, 7) is -0.444. The number of ether oxygens (including phenoxy) is 1. The largest absolute Gasteiger partial charge is 0.456 e. The second kappa shape index (κ2) is 6.21. The smallest absolute Gasteiger partial charge is 0.333 e. The molecule has 0 saturated heterocycles. The van der Waals surface area contributed by atoms with Gasteiger partial charge in [0.2, 0.25) is 0 Å². The van der Waals surface area contributed by atoms with Gasteiger partial charge in [-0.25, -0.2) is 14.2 Å². The lowest BCUT2D eigenvalue weighted by Gasteiger charge is -2.16. The molecule has 102 valence electrons. The van der Waals surface area contributed by atoms with Crippen molar-refractivity contribution >= 4 is 29.2 Å². The number of nitrogens with one attached hydrogen (secondary N) is 1. The molecule has 0 aromatic carbocycles. The van der Waals surface area contributed by atoms with Crippen LogP contribution in [-0.4, -0.2) is 30.3 Å². The molecule has 1 aliphatic rings. The Morgan fingerprint density at radius 2 is 2.32 bits per heavy atom. The van der Waals surface area contributed by atoms with E-state index in [4.69, 9.17) is 27.9 Å². The first-order chi connectivity index (χ1) is 9.08. The van der Waals surface area contributed by atoms with Crippen LogP contribution in [0.25, 0.3) is 0 Å². The number of hydrogen-bond donors (Lipinski definition) is 1. The zero-order chi connectivity index (χ0) is 13.8. The van der Waals surface area contributed by atoms with Gasteiger partial charge in [-0.05, 0) is 18.1 Å². The summed E-state index contributed by atoms with van der Waals surface area (Å²) in [4.78, 5) is 14.8. The molecular formula is C12H11Cl2FN2O2. The van der Waals surface area contributed by atoms with Gasteiger partial charge in [0.25, 0.3) is 0 Å². The minimum atomic E-state index is -0.591. The summed E-state index contributed by atoms with van der Waals surface area (Å²) in [6.07, 6.45) is 3.24. The number of carbonyl (C=O) groups is 1. The Bertz CT molecular complexity index is 522. The summed E-state index contributed by atoms with van der Waals surface area (Å²) in [7, 11) is 0. The average molecular weight is 305 g/mol. The van der Waals surface area contributed by atoms with Crippen LogP contribution in [0.4, 0.5) is 4.39 Å². The Labute approximate surface area is 119 Å². The van der Waals surface area contributed by atoms with Gasteiger partial charge in [-0.1, -0.05) is 23.2 Å². The number of nitrogens with zero attached hydrogens (tertiary/aromatic N) is 1. The minimum Gasteiger partial charge on any atom is -0.456 e. The maximum atomic E-state index is 13.0. The summed E-state index contributed by atoms with van der Waals surface area (Å²) in [5, 5.41) is 3.46. The van der Waals surface area contributed by atoms with Crippen LogP contribution >= 0.6 is 23.2 Å². The molecule has 0 aliphatic carbocycles. The molecule has 0 amide bonds. The van der Waals surface area contributed by atoms with Crippen LogP contribution in [0.1, 0.15) is 5.56 Å². The number of rotatable bonds is 5. The number of hydrogen-bond acceptors (Lipinski definition) is 4. The second-order valence-electron chi connectivity index (χ2n) is 4.09. The summed E-state index contributed by atoms with van der Waals surface area (Å²) >= 11 is 11.6. The SMILES string of the molecule is O=C1C=C(NC(CF)Cc2cnc(Cl)c(Cl)c2)CO1. The van der Waals surface area contributed by atoms with Crippen molar-refractivity contribution in [3.05, 3.63) is 39.8 Å². The van der Waals surface area contributed by atoms with Gasteiger partial charge in [-0.2, -0.15) is 0 Å². The zero-order valence-corrected chi connectivity index (χ0v) is 11.3. The molecule has 1 aliphatic heterocycles. The minimum absolute atomic E-state index is 0.148. The van der Waals surface area contributed by atoms with Gasteiger partial charge in [0.15, 0.2) is 0 Å². The van der Waals surface area contributed by atoms with E-state index in [9.17, 15) is 9.18 Å². The summed E-state index contributed by atoms with van der Waals surface area (Å²) in [6, 6.07) is 1.17. The van der Waals surface area contributed by atoms with E-state index in [1.165, 1.54) is 6.08 Å². The molecule has 1 atom stereocenters. The number of halogens is 3. The average Bonchev–Trinajstić information content (AvgIpc) is 2.78. The molecule has 19 heavy (non-hydrogen) atoms. The molecule has 1 N–H and O–H groups in total. The summed E-state index contributed by atoms with van der Waals surface area (Å²) < 4.78 is 17.7. The Morgan fingerprint density at radius 3 is 2.89 bits per heavy atom. The zero-order valence-electron chi connectivity index (χ0n) is 9.83. The molecule has 0 spiro atoms. The number of carbonyl (C=O) groups excluding carboxylic acids is 1. The molecule has 0 radical (unpaired) electrons. The van der Waals surface area contributed by atoms with Crippen LogP contribution in [0, 0.1) is 0 Å². The van der Waals surface area contributed by atoms with Gasteiger partial charge in [0.05, 0.1) is 16.8 Å². The molecule has 0 fully saturated rings. The Hall–Kier alpha value is -1.33. The van der Waals surface area contributed by atoms with E-state index in [-0.39, 0.29) is 11.8 Å². The second-order valence-corrected chi connectivity index (χ2v) is 4.86. The molecule has 0 bridgehead atoms. The predicted octanol–water partition coefficient (Wildman–Crippen LogP) is 2.30. The van der Waals surface area contributed by atoms with Gasteiger partial charge in [0, 0.05) is 12.3 Å². The summed E-state index contributed by atoms with van der Waals surface area (Å²) in [5.41, 5.74) is 1.33. The lowest BCUT2D eigenvalue weighted by Crippen LogP contribution is -2.33. The maximum Gasteiger partial charge on any atom is 0.333 e. The van der Waals surface area contributed by atoms with Crippen molar-refractivity contribution in [2.45, 2.75) is 12.5 Å². The normalized spacial score (nSPS) is 15.9. The first kappa shape index (κ1) is 14.1. The van der Waals surface area contributed by atoms with E-state index >= 15 is 0 Å². The quantitative estimate of drug-likeness (QED) is 0.670. The third kappa shape index (κ3) is 3.81. The highest BCUT2D eigenvalue weighted by atomic mass is 35.5. The number of esters is 1. The Balaban J connectivity index is 2.00. The van der Waals surface area contributed by atoms with Crippen molar-refractivity contribution in [1.82, 2.24) is 10.3 Å². The van der Waals surface area contributed by atoms with Crippen LogP contribution in [0.15, 0.2) is 24.0 Å². The van der Waals surface area contributed by atoms with E-state index < -0.39 is 18.7 Å². The van der Waals surface area contributed by atoms with Gasteiger partial charge >= 0.3 is 5.97 Å². The first-order valence-corrected chi connectivity index (χ1v) is 6.34.